The standard InChI is InChI=1S/C19H24N4O3S/c1-5-22(6-2)11-12-23(18(24)15-9-10-20-26-15)19-21-16-14(25-4)8-7-13(3)17(16)27-19/h7-10H,5-6,11-12H2,1-4H3. The van der Waals surface area contributed by atoms with Crippen LogP contribution < -0.4 is 9.64 Å². The number of rotatable bonds is 8. The fourth-order valence-corrected chi connectivity index (χ4v) is 3.98. The summed E-state index contributed by atoms with van der Waals surface area (Å²) in [5.74, 6) is 0.668. The number of aromatic nitrogens is 2. The third-order valence-electron chi connectivity index (χ3n) is 4.57. The zero-order valence-electron chi connectivity index (χ0n) is 16.1. The number of hydrogen-bond donors (Lipinski definition) is 0. The van der Waals surface area contributed by atoms with Gasteiger partial charge in [-0.2, -0.15) is 0 Å². The number of ether oxygens (including phenoxy) is 1. The molecule has 0 spiro atoms. The van der Waals surface area contributed by atoms with E-state index in [0.717, 1.165) is 35.4 Å². The first-order valence-corrected chi connectivity index (χ1v) is 9.79. The van der Waals surface area contributed by atoms with Gasteiger partial charge in [0.05, 0.1) is 18.0 Å². The predicted octanol–water partition coefficient (Wildman–Crippen LogP) is 3.59. The minimum Gasteiger partial charge on any atom is -0.494 e. The first-order chi connectivity index (χ1) is 13.1. The van der Waals surface area contributed by atoms with Gasteiger partial charge in [0.15, 0.2) is 5.13 Å². The quantitative estimate of drug-likeness (QED) is 0.587. The van der Waals surface area contributed by atoms with E-state index >= 15 is 0 Å². The van der Waals surface area contributed by atoms with Crippen molar-refractivity contribution in [3.63, 3.8) is 0 Å². The Morgan fingerprint density at radius 2 is 2.00 bits per heavy atom. The Bertz CT molecular complexity index is 903. The van der Waals surface area contributed by atoms with Crippen LogP contribution in [0.15, 0.2) is 28.9 Å². The van der Waals surface area contributed by atoms with E-state index in [4.69, 9.17) is 14.2 Å². The summed E-state index contributed by atoms with van der Waals surface area (Å²) in [4.78, 5) is 21.7. The van der Waals surface area contributed by atoms with Gasteiger partial charge in [0.1, 0.15) is 11.3 Å². The molecule has 7 nitrogen and oxygen atoms in total. The van der Waals surface area contributed by atoms with E-state index in [1.807, 2.05) is 19.1 Å². The van der Waals surface area contributed by atoms with Gasteiger partial charge >= 0.3 is 0 Å². The van der Waals surface area contributed by atoms with Crippen molar-refractivity contribution in [2.24, 2.45) is 0 Å². The largest absolute Gasteiger partial charge is 0.494 e. The monoisotopic (exact) mass is 388 g/mol. The highest BCUT2D eigenvalue weighted by molar-refractivity contribution is 7.22. The fourth-order valence-electron chi connectivity index (χ4n) is 2.90. The topological polar surface area (TPSA) is 71.7 Å². The molecule has 1 amide bonds. The average Bonchev–Trinajstić information content (AvgIpc) is 3.36. The van der Waals surface area contributed by atoms with Gasteiger partial charge in [-0.3, -0.25) is 9.69 Å². The summed E-state index contributed by atoms with van der Waals surface area (Å²) < 4.78 is 11.6. The van der Waals surface area contributed by atoms with Gasteiger partial charge in [-0.15, -0.1) is 0 Å². The lowest BCUT2D eigenvalue weighted by molar-refractivity contribution is 0.0948. The third-order valence-corrected chi connectivity index (χ3v) is 5.78. The van der Waals surface area contributed by atoms with Crippen molar-refractivity contribution in [3.8, 4) is 5.75 Å². The maximum absolute atomic E-state index is 13.0. The van der Waals surface area contributed by atoms with Crippen LogP contribution in [0.4, 0.5) is 5.13 Å². The van der Waals surface area contributed by atoms with E-state index in [2.05, 4.69) is 23.9 Å². The number of amides is 1. The minimum absolute atomic E-state index is 0.206. The van der Waals surface area contributed by atoms with Crippen LogP contribution in [0.25, 0.3) is 10.2 Å². The molecule has 1 aromatic carbocycles. The SMILES string of the molecule is CCN(CC)CCN(C(=O)c1ccno1)c1nc2c(OC)ccc(C)c2s1. The second-order valence-corrected chi connectivity index (χ2v) is 7.10. The number of likely N-dealkylation sites (N-methyl/N-ethyl adjacent to an activating group) is 1. The first kappa shape index (κ1) is 19.3. The number of fused-ring (bicyclic) bond motifs is 1. The van der Waals surface area contributed by atoms with Crippen molar-refractivity contribution in [3.05, 3.63) is 35.7 Å². The summed E-state index contributed by atoms with van der Waals surface area (Å²) in [5.41, 5.74) is 1.88. The molecule has 0 fully saturated rings. The number of methoxy groups -OCH3 is 1. The Balaban J connectivity index is 2.00. The molecule has 144 valence electrons. The molecule has 0 aliphatic carbocycles. The van der Waals surface area contributed by atoms with Gasteiger partial charge in [-0.1, -0.05) is 36.4 Å². The van der Waals surface area contributed by atoms with Crippen LogP contribution in [0, 0.1) is 6.92 Å². The number of hydrogen-bond acceptors (Lipinski definition) is 7. The van der Waals surface area contributed by atoms with Gasteiger partial charge in [0.2, 0.25) is 5.76 Å². The molecule has 0 atom stereocenters. The van der Waals surface area contributed by atoms with Gasteiger partial charge in [-0.25, -0.2) is 4.98 Å². The van der Waals surface area contributed by atoms with Crippen molar-refractivity contribution < 1.29 is 14.1 Å². The molecule has 27 heavy (non-hydrogen) atoms. The summed E-state index contributed by atoms with van der Waals surface area (Å²) in [6.45, 7) is 9.36. The fraction of sp³-hybridized carbons (Fsp3) is 0.421. The highest BCUT2D eigenvalue weighted by Gasteiger charge is 2.25. The molecule has 0 aliphatic rings. The normalized spacial score (nSPS) is 11.3. The molecule has 3 rings (SSSR count). The molecule has 0 N–H and O–H groups in total. The van der Waals surface area contributed by atoms with Gasteiger partial charge in [-0.05, 0) is 31.6 Å². The van der Waals surface area contributed by atoms with Crippen molar-refractivity contribution in [1.29, 1.82) is 0 Å². The lowest BCUT2D eigenvalue weighted by Crippen LogP contribution is -2.38. The van der Waals surface area contributed by atoms with Crippen LogP contribution in [-0.4, -0.2) is 54.2 Å². The second-order valence-electron chi connectivity index (χ2n) is 6.12. The zero-order chi connectivity index (χ0) is 19.4. The predicted molar refractivity (Wildman–Crippen MR) is 107 cm³/mol. The number of nitrogens with zero attached hydrogens (tertiary/aromatic N) is 4. The summed E-state index contributed by atoms with van der Waals surface area (Å²) >= 11 is 1.49. The number of thiazole rings is 1. The van der Waals surface area contributed by atoms with E-state index < -0.39 is 0 Å². The number of anilines is 1. The number of carbonyl (C=O) groups is 1. The highest BCUT2D eigenvalue weighted by Crippen LogP contribution is 2.36. The van der Waals surface area contributed by atoms with Crippen molar-refractivity contribution in [2.75, 3.05) is 38.2 Å². The summed E-state index contributed by atoms with van der Waals surface area (Å²) in [5, 5.41) is 4.29. The van der Waals surface area contributed by atoms with Gasteiger partial charge in [0, 0.05) is 19.2 Å². The maximum atomic E-state index is 13.0. The van der Waals surface area contributed by atoms with Crippen LogP contribution in [0.2, 0.25) is 0 Å². The molecule has 0 saturated heterocycles. The molecule has 0 bridgehead atoms. The lowest BCUT2D eigenvalue weighted by Gasteiger charge is -2.23. The summed E-state index contributed by atoms with van der Waals surface area (Å²) in [6, 6.07) is 5.48. The van der Waals surface area contributed by atoms with Crippen molar-refractivity contribution >= 4 is 32.6 Å². The Labute approximate surface area is 162 Å². The minimum atomic E-state index is -0.240. The van der Waals surface area contributed by atoms with Crippen molar-refractivity contribution in [2.45, 2.75) is 20.8 Å². The smallest absolute Gasteiger partial charge is 0.298 e. The number of benzene rings is 1. The Hall–Kier alpha value is -2.45. The van der Waals surface area contributed by atoms with Crippen LogP contribution in [-0.2, 0) is 0 Å². The molecule has 0 saturated carbocycles. The molecule has 8 heteroatoms. The number of carbonyl (C=O) groups excluding carboxylic acids is 1. The Kier molecular flexibility index (Phi) is 6.08. The van der Waals surface area contributed by atoms with E-state index in [0.29, 0.717) is 17.4 Å². The van der Waals surface area contributed by atoms with Crippen LogP contribution in [0.3, 0.4) is 0 Å². The van der Waals surface area contributed by atoms with E-state index in [1.54, 1.807) is 18.1 Å². The summed E-state index contributed by atoms with van der Waals surface area (Å²) in [7, 11) is 1.63. The van der Waals surface area contributed by atoms with E-state index in [9.17, 15) is 4.79 Å². The maximum Gasteiger partial charge on any atom is 0.298 e. The molecule has 0 radical (unpaired) electrons. The van der Waals surface area contributed by atoms with Crippen molar-refractivity contribution in [1.82, 2.24) is 15.0 Å². The highest BCUT2D eigenvalue weighted by atomic mass is 32.1. The zero-order valence-corrected chi connectivity index (χ0v) is 16.9. The van der Waals surface area contributed by atoms with Gasteiger partial charge in [0.25, 0.3) is 5.91 Å². The Morgan fingerprint density at radius 3 is 2.63 bits per heavy atom. The van der Waals surface area contributed by atoms with Crippen LogP contribution in [0.5, 0.6) is 5.75 Å². The van der Waals surface area contributed by atoms with E-state index in [-0.39, 0.29) is 11.7 Å². The molecular formula is C19H24N4O3S. The molecule has 0 unspecified atom stereocenters. The third kappa shape index (κ3) is 3.96. The van der Waals surface area contributed by atoms with Gasteiger partial charge < -0.3 is 14.2 Å². The summed E-state index contributed by atoms with van der Waals surface area (Å²) in [6.07, 6.45) is 1.47. The van der Waals surface area contributed by atoms with Crippen LogP contribution >= 0.6 is 11.3 Å². The molecule has 2 heterocycles. The molecular weight excluding hydrogens is 364 g/mol. The second kappa shape index (κ2) is 8.49. The average molecular weight is 388 g/mol. The molecule has 2 aromatic heterocycles. The molecule has 3 aromatic rings. The van der Waals surface area contributed by atoms with E-state index in [1.165, 1.54) is 17.5 Å². The lowest BCUT2D eigenvalue weighted by atomic mass is 10.2. The van der Waals surface area contributed by atoms with Crippen LogP contribution in [0.1, 0.15) is 30.0 Å². The molecule has 0 aliphatic heterocycles. The Morgan fingerprint density at radius 1 is 1.22 bits per heavy atom. The first-order valence-electron chi connectivity index (χ1n) is 8.98. The number of aryl methyl sites for hydroxylation is 1.